The average molecular weight is 370 g/mol. The Morgan fingerprint density at radius 2 is 1.59 bits per heavy atom. The summed E-state index contributed by atoms with van der Waals surface area (Å²) in [7, 11) is 0. The highest BCUT2D eigenvalue weighted by Gasteiger charge is 2.13. The number of nitrogens with one attached hydrogen (secondary N) is 1. The predicted molar refractivity (Wildman–Crippen MR) is 104 cm³/mol. The molecule has 0 aliphatic carbocycles. The monoisotopic (exact) mass is 370 g/mol. The van der Waals surface area contributed by atoms with Crippen molar-refractivity contribution in [3.63, 3.8) is 0 Å². The van der Waals surface area contributed by atoms with Crippen LogP contribution in [0.4, 0.5) is 4.79 Å². The number of ether oxygens (including phenoxy) is 2. The number of primary amides is 1. The van der Waals surface area contributed by atoms with E-state index in [1.807, 2.05) is 24.3 Å². The van der Waals surface area contributed by atoms with Gasteiger partial charge in [0.2, 0.25) is 0 Å². The van der Waals surface area contributed by atoms with Crippen LogP contribution in [0.3, 0.4) is 0 Å². The molecule has 2 aromatic rings. The lowest BCUT2D eigenvalue weighted by molar-refractivity contribution is 0.0450. The molecule has 0 unspecified atom stereocenters. The second kappa shape index (κ2) is 9.07. The molecule has 0 heterocycles. The van der Waals surface area contributed by atoms with Crippen molar-refractivity contribution in [2.24, 2.45) is 5.73 Å². The van der Waals surface area contributed by atoms with Crippen LogP contribution >= 0.6 is 0 Å². The van der Waals surface area contributed by atoms with Gasteiger partial charge in [0.1, 0.15) is 19.0 Å². The largest absolute Gasteiger partial charge is 0.490 e. The molecule has 0 fully saturated rings. The van der Waals surface area contributed by atoms with E-state index in [1.165, 1.54) is 5.56 Å². The molecule has 6 heteroatoms. The van der Waals surface area contributed by atoms with E-state index in [0.29, 0.717) is 12.1 Å². The number of nitrogens with two attached hydrogens (primary N) is 1. The van der Waals surface area contributed by atoms with Gasteiger partial charge in [0.15, 0.2) is 0 Å². The summed E-state index contributed by atoms with van der Waals surface area (Å²) in [4.78, 5) is 22.7. The van der Waals surface area contributed by atoms with Crippen LogP contribution in [0.15, 0.2) is 48.5 Å². The Morgan fingerprint density at radius 1 is 0.963 bits per heavy atom. The lowest BCUT2D eigenvalue weighted by Gasteiger charge is -2.19. The molecular formula is C21H26N2O4. The molecule has 0 aliphatic rings. The van der Waals surface area contributed by atoms with Crippen LogP contribution in [0.5, 0.6) is 5.75 Å². The van der Waals surface area contributed by atoms with Crippen LogP contribution < -0.4 is 15.8 Å². The molecule has 0 aromatic heterocycles. The van der Waals surface area contributed by atoms with Gasteiger partial charge in [-0.15, -0.1) is 0 Å². The number of carbonyl (C=O) groups excluding carboxylic acids is 2. The topological polar surface area (TPSA) is 90.7 Å². The first-order valence-electron chi connectivity index (χ1n) is 8.78. The number of carbonyl (C=O) groups is 2. The Hall–Kier alpha value is -3.02. The van der Waals surface area contributed by atoms with E-state index in [4.69, 9.17) is 15.2 Å². The maximum Gasteiger partial charge on any atom is 0.338 e. The Balaban J connectivity index is 1.75. The summed E-state index contributed by atoms with van der Waals surface area (Å²) in [6.45, 7) is 7.22. The highest BCUT2D eigenvalue weighted by atomic mass is 16.6. The van der Waals surface area contributed by atoms with Crippen LogP contribution in [0.1, 0.15) is 42.3 Å². The Morgan fingerprint density at radius 3 is 2.15 bits per heavy atom. The Kier molecular flexibility index (Phi) is 6.82. The normalized spacial score (nSPS) is 10.9. The third-order valence-electron chi connectivity index (χ3n) is 3.96. The van der Waals surface area contributed by atoms with Crippen LogP contribution in [-0.4, -0.2) is 25.2 Å². The highest BCUT2D eigenvalue weighted by Crippen LogP contribution is 2.24. The van der Waals surface area contributed by atoms with Crippen molar-refractivity contribution in [2.75, 3.05) is 13.2 Å². The maximum atomic E-state index is 12.0. The van der Waals surface area contributed by atoms with Crippen molar-refractivity contribution in [1.29, 1.82) is 0 Å². The second-order valence-electron chi connectivity index (χ2n) is 7.17. The van der Waals surface area contributed by atoms with E-state index in [1.54, 1.807) is 24.3 Å². The Labute approximate surface area is 159 Å². The standard InChI is InChI=1S/C21H26N2O4/c1-21(2,3)17-8-10-18(11-9-17)26-12-13-27-19(24)16-6-4-15(5-7-16)14-23-20(22)25/h4-11H,12-14H2,1-3H3,(H3,22,23,25). The summed E-state index contributed by atoms with van der Waals surface area (Å²) < 4.78 is 10.8. The quantitative estimate of drug-likeness (QED) is 0.577. The van der Waals surface area contributed by atoms with E-state index in [-0.39, 0.29) is 18.6 Å². The lowest BCUT2D eigenvalue weighted by Crippen LogP contribution is -2.28. The first kappa shape index (κ1) is 20.3. The van der Waals surface area contributed by atoms with E-state index >= 15 is 0 Å². The van der Waals surface area contributed by atoms with E-state index < -0.39 is 12.0 Å². The first-order valence-corrected chi connectivity index (χ1v) is 8.78. The van der Waals surface area contributed by atoms with Gasteiger partial charge in [-0.05, 0) is 40.8 Å². The van der Waals surface area contributed by atoms with Gasteiger partial charge in [0.25, 0.3) is 0 Å². The van der Waals surface area contributed by atoms with Crippen LogP contribution in [0.2, 0.25) is 0 Å². The zero-order valence-electron chi connectivity index (χ0n) is 16.0. The van der Waals surface area contributed by atoms with Gasteiger partial charge in [-0.1, -0.05) is 45.0 Å². The molecule has 2 amide bonds. The van der Waals surface area contributed by atoms with Gasteiger partial charge in [0.05, 0.1) is 5.56 Å². The molecule has 2 aromatic carbocycles. The molecule has 2 rings (SSSR count). The molecule has 6 nitrogen and oxygen atoms in total. The lowest BCUT2D eigenvalue weighted by atomic mass is 9.87. The fourth-order valence-electron chi connectivity index (χ4n) is 2.38. The molecule has 27 heavy (non-hydrogen) atoms. The number of hydrogen-bond acceptors (Lipinski definition) is 4. The molecule has 0 saturated carbocycles. The summed E-state index contributed by atoms with van der Waals surface area (Å²) >= 11 is 0. The minimum atomic E-state index is -0.591. The number of rotatable bonds is 7. The zero-order valence-corrected chi connectivity index (χ0v) is 16.0. The van der Waals surface area contributed by atoms with Crippen molar-refractivity contribution in [1.82, 2.24) is 5.32 Å². The molecule has 144 valence electrons. The smallest absolute Gasteiger partial charge is 0.338 e. The highest BCUT2D eigenvalue weighted by molar-refractivity contribution is 5.89. The van der Waals surface area contributed by atoms with Gasteiger partial charge in [-0.3, -0.25) is 0 Å². The fraction of sp³-hybridized carbons (Fsp3) is 0.333. The van der Waals surface area contributed by atoms with Gasteiger partial charge < -0.3 is 20.5 Å². The molecule has 0 spiro atoms. The Bertz CT molecular complexity index is 762. The number of benzene rings is 2. The molecular weight excluding hydrogens is 344 g/mol. The van der Waals surface area contributed by atoms with Crippen molar-refractivity contribution in [2.45, 2.75) is 32.7 Å². The molecule has 3 N–H and O–H groups in total. The number of amides is 2. The van der Waals surface area contributed by atoms with Gasteiger partial charge in [-0.25, -0.2) is 9.59 Å². The summed E-state index contributed by atoms with van der Waals surface area (Å²) in [5.41, 5.74) is 7.63. The number of esters is 1. The SMILES string of the molecule is CC(C)(C)c1ccc(OCCOC(=O)c2ccc(CNC(N)=O)cc2)cc1. The van der Waals surface area contributed by atoms with E-state index in [2.05, 4.69) is 26.1 Å². The van der Waals surface area contributed by atoms with E-state index in [0.717, 1.165) is 11.3 Å². The summed E-state index contributed by atoms with van der Waals surface area (Å²) in [5, 5.41) is 2.49. The predicted octanol–water partition coefficient (Wildman–Crippen LogP) is 3.39. The summed E-state index contributed by atoms with van der Waals surface area (Å²) in [5.74, 6) is 0.321. The van der Waals surface area contributed by atoms with Crippen molar-refractivity contribution in [3.8, 4) is 5.75 Å². The van der Waals surface area contributed by atoms with Gasteiger partial charge >= 0.3 is 12.0 Å². The van der Waals surface area contributed by atoms with Gasteiger partial charge in [-0.2, -0.15) is 0 Å². The van der Waals surface area contributed by atoms with Crippen LogP contribution in [0, 0.1) is 0 Å². The minimum Gasteiger partial charge on any atom is -0.490 e. The molecule has 0 bridgehead atoms. The summed E-state index contributed by atoms with van der Waals surface area (Å²) in [6.07, 6.45) is 0. The fourth-order valence-corrected chi connectivity index (χ4v) is 2.38. The number of urea groups is 1. The summed E-state index contributed by atoms with van der Waals surface area (Å²) in [6, 6.07) is 14.1. The second-order valence-corrected chi connectivity index (χ2v) is 7.17. The average Bonchev–Trinajstić information content (AvgIpc) is 2.63. The third-order valence-corrected chi connectivity index (χ3v) is 3.96. The van der Waals surface area contributed by atoms with Crippen LogP contribution in [-0.2, 0) is 16.7 Å². The van der Waals surface area contributed by atoms with Gasteiger partial charge in [0, 0.05) is 6.54 Å². The number of hydrogen-bond donors (Lipinski definition) is 2. The molecule has 0 saturated heterocycles. The molecule has 0 radical (unpaired) electrons. The zero-order chi connectivity index (χ0) is 19.9. The van der Waals surface area contributed by atoms with Crippen molar-refractivity contribution < 1.29 is 19.1 Å². The van der Waals surface area contributed by atoms with Crippen LogP contribution in [0.25, 0.3) is 0 Å². The molecule has 0 atom stereocenters. The minimum absolute atomic E-state index is 0.0967. The first-order chi connectivity index (χ1) is 12.8. The van der Waals surface area contributed by atoms with Crippen molar-refractivity contribution in [3.05, 3.63) is 65.2 Å². The van der Waals surface area contributed by atoms with Crippen molar-refractivity contribution >= 4 is 12.0 Å². The van der Waals surface area contributed by atoms with E-state index in [9.17, 15) is 9.59 Å². The maximum absolute atomic E-state index is 12.0. The molecule has 0 aliphatic heterocycles. The third kappa shape index (κ3) is 6.66.